The molecule has 3 rings (SSSR count). The number of carbonyl (C=O) groups is 1. The van der Waals surface area contributed by atoms with Crippen LogP contribution in [0.2, 0.25) is 0 Å². The van der Waals surface area contributed by atoms with Crippen molar-refractivity contribution in [1.29, 1.82) is 0 Å². The minimum atomic E-state index is -3.70. The van der Waals surface area contributed by atoms with Gasteiger partial charge in [-0.3, -0.25) is 4.79 Å². The minimum absolute atomic E-state index is 0.348. The van der Waals surface area contributed by atoms with Crippen LogP contribution in [0.15, 0.2) is 30.3 Å². The van der Waals surface area contributed by atoms with Gasteiger partial charge in [-0.2, -0.15) is 17.4 Å². The van der Waals surface area contributed by atoms with Gasteiger partial charge in [-0.15, -0.1) is 0 Å². The third kappa shape index (κ3) is 4.31. The molecule has 0 spiro atoms. The van der Waals surface area contributed by atoms with E-state index in [9.17, 15) is 13.2 Å². The Bertz CT molecular complexity index is 666. The molecule has 0 atom stereocenters. The van der Waals surface area contributed by atoms with E-state index in [1.165, 1.54) is 4.31 Å². The van der Waals surface area contributed by atoms with Crippen molar-refractivity contribution >= 4 is 22.4 Å². The molecule has 1 N–H and O–H groups in total. The smallest absolute Gasteiger partial charge is 0.294 e. The highest BCUT2D eigenvalue weighted by atomic mass is 32.2. The van der Waals surface area contributed by atoms with Gasteiger partial charge in [0, 0.05) is 44.7 Å². The van der Waals surface area contributed by atoms with E-state index in [4.69, 9.17) is 4.74 Å². The fraction of sp³-hybridized carbons (Fsp3) is 0.588. The van der Waals surface area contributed by atoms with E-state index in [-0.39, 0.29) is 0 Å². The average molecular weight is 367 g/mol. The molecular weight excluding hydrogens is 342 g/mol. The number of carbonyl (C=O) groups excluding carboxylic acids is 1. The summed E-state index contributed by atoms with van der Waals surface area (Å²) in [6.07, 6.45) is 3.77. The molecular formula is C17H25N3O4S. The summed E-state index contributed by atoms with van der Waals surface area (Å²) >= 11 is 0. The number of benzene rings is 1. The predicted molar refractivity (Wildman–Crippen MR) is 95.2 cm³/mol. The molecule has 138 valence electrons. The van der Waals surface area contributed by atoms with Crippen molar-refractivity contribution in [2.24, 2.45) is 0 Å². The normalized spacial score (nSPS) is 21.7. The van der Waals surface area contributed by atoms with Gasteiger partial charge in [0.25, 0.3) is 16.7 Å². The molecule has 1 aromatic carbocycles. The predicted octanol–water partition coefficient (Wildman–Crippen LogP) is 1.48. The summed E-state index contributed by atoms with van der Waals surface area (Å²) < 4.78 is 34.8. The largest absolute Gasteiger partial charge is 0.445 e. The van der Waals surface area contributed by atoms with Crippen LogP contribution in [0.5, 0.6) is 0 Å². The highest BCUT2D eigenvalue weighted by molar-refractivity contribution is 7.87. The molecule has 2 aliphatic rings. The van der Waals surface area contributed by atoms with Gasteiger partial charge in [0.15, 0.2) is 5.72 Å². The monoisotopic (exact) mass is 367 g/mol. The molecule has 1 saturated heterocycles. The van der Waals surface area contributed by atoms with Crippen LogP contribution in [0, 0.1) is 0 Å². The molecule has 0 aromatic heterocycles. The fourth-order valence-corrected chi connectivity index (χ4v) is 5.08. The Hall–Kier alpha value is -1.64. The average Bonchev–Trinajstić information content (AvgIpc) is 2.63. The quantitative estimate of drug-likeness (QED) is 0.609. The molecule has 0 amide bonds. The van der Waals surface area contributed by atoms with Crippen LogP contribution in [-0.4, -0.2) is 51.1 Å². The number of para-hydroxylation sites is 1. The van der Waals surface area contributed by atoms with E-state index < -0.39 is 15.9 Å². The Morgan fingerprint density at radius 2 is 1.64 bits per heavy atom. The lowest BCUT2D eigenvalue weighted by Gasteiger charge is -2.40. The van der Waals surface area contributed by atoms with Crippen molar-refractivity contribution in [3.63, 3.8) is 0 Å². The van der Waals surface area contributed by atoms with Crippen molar-refractivity contribution in [2.75, 3.05) is 31.1 Å². The number of hydrogen-bond acceptors (Lipinski definition) is 5. The fourth-order valence-electron chi connectivity index (χ4n) is 3.58. The van der Waals surface area contributed by atoms with Crippen LogP contribution < -0.4 is 9.62 Å². The zero-order valence-electron chi connectivity index (χ0n) is 14.3. The lowest BCUT2D eigenvalue weighted by Crippen LogP contribution is -2.59. The highest BCUT2D eigenvalue weighted by Gasteiger charge is 2.40. The Morgan fingerprint density at radius 1 is 1.00 bits per heavy atom. The van der Waals surface area contributed by atoms with Gasteiger partial charge < -0.3 is 9.64 Å². The van der Waals surface area contributed by atoms with Crippen LogP contribution in [0.1, 0.15) is 32.1 Å². The topological polar surface area (TPSA) is 78.9 Å². The van der Waals surface area contributed by atoms with E-state index in [0.29, 0.717) is 45.5 Å². The number of ether oxygens (including phenoxy) is 1. The molecule has 0 radical (unpaired) electrons. The Balaban J connectivity index is 1.64. The molecule has 1 saturated carbocycles. The first-order chi connectivity index (χ1) is 12.0. The summed E-state index contributed by atoms with van der Waals surface area (Å²) in [5.41, 5.74) is 0.00983. The van der Waals surface area contributed by atoms with E-state index >= 15 is 0 Å². The first kappa shape index (κ1) is 18.2. The summed E-state index contributed by atoms with van der Waals surface area (Å²) in [5.74, 6) is 0. The molecule has 7 nitrogen and oxygen atoms in total. The molecule has 2 fully saturated rings. The van der Waals surface area contributed by atoms with Gasteiger partial charge in [-0.25, -0.2) is 0 Å². The van der Waals surface area contributed by atoms with Gasteiger partial charge in [0.1, 0.15) is 0 Å². The lowest BCUT2D eigenvalue weighted by atomic mass is 9.92. The van der Waals surface area contributed by atoms with E-state index in [0.717, 1.165) is 24.9 Å². The molecule has 25 heavy (non-hydrogen) atoms. The first-order valence-corrected chi connectivity index (χ1v) is 10.2. The number of piperazine rings is 1. The first-order valence-electron chi connectivity index (χ1n) is 8.75. The molecule has 0 unspecified atom stereocenters. The zero-order chi connectivity index (χ0) is 17.8. The number of anilines is 1. The standard InChI is InChI=1S/C17H25N3O4S/c21-15-24-17(9-5-2-6-10-17)18-25(22,23)20-13-11-19(12-14-20)16-7-3-1-4-8-16/h1,3-4,7-8,15,18H,2,5-6,9-14H2. The van der Waals surface area contributed by atoms with Gasteiger partial charge in [0.2, 0.25) is 0 Å². The SMILES string of the molecule is O=COC1(NS(=O)(=O)N2CCN(c3ccccc3)CC2)CCCCC1. The van der Waals surface area contributed by atoms with Crippen LogP contribution >= 0.6 is 0 Å². The lowest BCUT2D eigenvalue weighted by molar-refractivity contribution is -0.148. The summed E-state index contributed by atoms with van der Waals surface area (Å²) in [7, 11) is -3.70. The van der Waals surface area contributed by atoms with Crippen LogP contribution in [0.25, 0.3) is 0 Å². The van der Waals surface area contributed by atoms with Crippen LogP contribution in [0.4, 0.5) is 5.69 Å². The van der Waals surface area contributed by atoms with Crippen molar-refractivity contribution < 1.29 is 17.9 Å². The summed E-state index contributed by atoms with van der Waals surface area (Å²) in [5, 5.41) is 0. The van der Waals surface area contributed by atoms with Crippen molar-refractivity contribution in [2.45, 2.75) is 37.8 Å². The van der Waals surface area contributed by atoms with Crippen molar-refractivity contribution in [1.82, 2.24) is 9.03 Å². The molecule has 0 bridgehead atoms. The Labute approximate surface area is 149 Å². The number of rotatable bonds is 6. The van der Waals surface area contributed by atoms with E-state index in [1.54, 1.807) is 0 Å². The molecule has 1 aliphatic carbocycles. The van der Waals surface area contributed by atoms with Crippen molar-refractivity contribution in [3.05, 3.63) is 30.3 Å². The Kier molecular flexibility index (Phi) is 5.61. The number of nitrogens with one attached hydrogen (secondary N) is 1. The zero-order valence-corrected chi connectivity index (χ0v) is 15.1. The molecule has 1 aliphatic heterocycles. The maximum Gasteiger partial charge on any atom is 0.294 e. The summed E-state index contributed by atoms with van der Waals surface area (Å²) in [6, 6.07) is 9.96. The van der Waals surface area contributed by atoms with Crippen LogP contribution in [0.3, 0.4) is 0 Å². The minimum Gasteiger partial charge on any atom is -0.445 e. The maximum atomic E-state index is 12.8. The molecule has 8 heteroatoms. The summed E-state index contributed by atoms with van der Waals surface area (Å²) in [6.45, 7) is 2.42. The second-order valence-corrected chi connectivity index (χ2v) is 8.27. The molecule has 1 aromatic rings. The number of nitrogens with zero attached hydrogens (tertiary/aromatic N) is 2. The van der Waals surface area contributed by atoms with E-state index in [2.05, 4.69) is 9.62 Å². The number of hydrogen-bond donors (Lipinski definition) is 1. The third-order valence-electron chi connectivity index (χ3n) is 4.95. The Morgan fingerprint density at radius 3 is 2.24 bits per heavy atom. The van der Waals surface area contributed by atoms with Crippen LogP contribution in [-0.2, 0) is 19.7 Å². The van der Waals surface area contributed by atoms with Gasteiger partial charge in [0.05, 0.1) is 0 Å². The second-order valence-electron chi connectivity index (χ2n) is 6.60. The highest BCUT2D eigenvalue weighted by Crippen LogP contribution is 2.30. The molecule has 1 heterocycles. The summed E-state index contributed by atoms with van der Waals surface area (Å²) in [4.78, 5) is 13.0. The van der Waals surface area contributed by atoms with E-state index in [1.807, 2.05) is 30.3 Å². The van der Waals surface area contributed by atoms with Gasteiger partial charge in [-0.1, -0.05) is 24.6 Å². The maximum absolute atomic E-state index is 12.8. The van der Waals surface area contributed by atoms with Gasteiger partial charge in [-0.05, 0) is 25.0 Å². The second kappa shape index (κ2) is 7.72. The third-order valence-corrected chi connectivity index (χ3v) is 6.62. The van der Waals surface area contributed by atoms with Gasteiger partial charge >= 0.3 is 0 Å². The van der Waals surface area contributed by atoms with Crippen molar-refractivity contribution in [3.8, 4) is 0 Å².